The number of aryl methyl sites for hydroxylation is 2. The second kappa shape index (κ2) is 10.8. The number of carbonyl (C=O) groups excluding carboxylic acids is 1. The summed E-state index contributed by atoms with van der Waals surface area (Å²) in [4.78, 5) is 33.9. The Bertz CT molecular complexity index is 1620. The average Bonchev–Trinajstić information content (AvgIpc) is 3.52. The minimum absolute atomic E-state index is 0.256. The predicted molar refractivity (Wildman–Crippen MR) is 144 cm³/mol. The van der Waals surface area contributed by atoms with Gasteiger partial charge in [-0.05, 0) is 43.5 Å². The molecule has 0 aliphatic heterocycles. The summed E-state index contributed by atoms with van der Waals surface area (Å²) in [7, 11) is 0. The Labute approximate surface area is 218 Å². The summed E-state index contributed by atoms with van der Waals surface area (Å²) in [6.45, 7) is 9.89. The zero-order valence-electron chi connectivity index (χ0n) is 21.0. The Morgan fingerprint density at radius 1 is 1.16 bits per heavy atom. The van der Waals surface area contributed by atoms with E-state index in [1.54, 1.807) is 37.7 Å². The third-order valence-electron chi connectivity index (χ3n) is 6.51. The van der Waals surface area contributed by atoms with Gasteiger partial charge >= 0.3 is 5.97 Å². The van der Waals surface area contributed by atoms with E-state index in [0.717, 1.165) is 29.3 Å². The number of hydrogen-bond acceptors (Lipinski definition) is 6. The summed E-state index contributed by atoms with van der Waals surface area (Å²) in [6.07, 6.45) is 13.1. The first-order chi connectivity index (χ1) is 18.5. The van der Waals surface area contributed by atoms with Crippen molar-refractivity contribution in [2.75, 3.05) is 6.61 Å². The number of H-pyrrole nitrogens is 1. The second-order valence-electron chi connectivity index (χ2n) is 8.81. The molecule has 0 aliphatic rings. The molecule has 8 nitrogen and oxygen atoms in total. The number of fused-ring (bicyclic) bond motifs is 2. The maximum atomic E-state index is 14.0. The van der Waals surface area contributed by atoms with Gasteiger partial charge in [0, 0.05) is 46.8 Å². The normalized spacial score (nSPS) is 12.9. The van der Waals surface area contributed by atoms with Crippen LogP contribution in [-0.2, 0) is 22.4 Å². The lowest BCUT2D eigenvalue weighted by molar-refractivity contribution is -0.147. The van der Waals surface area contributed by atoms with Gasteiger partial charge < -0.3 is 14.3 Å². The molecule has 1 N–H and O–H groups in total. The molecule has 5 aromatic heterocycles. The molecule has 9 heteroatoms. The smallest absolute Gasteiger partial charge is 0.315 e. The van der Waals surface area contributed by atoms with E-state index in [1.165, 1.54) is 6.07 Å². The van der Waals surface area contributed by atoms with Crippen molar-refractivity contribution in [3.63, 3.8) is 0 Å². The van der Waals surface area contributed by atoms with Crippen LogP contribution in [0.5, 0.6) is 0 Å². The third kappa shape index (κ3) is 4.70. The van der Waals surface area contributed by atoms with Gasteiger partial charge in [-0.25, -0.2) is 19.3 Å². The molecule has 0 unspecified atom stereocenters. The van der Waals surface area contributed by atoms with Gasteiger partial charge in [0.2, 0.25) is 0 Å². The topological polar surface area (TPSA) is 98.6 Å². The Morgan fingerprint density at radius 3 is 2.76 bits per heavy atom. The fraction of sp³-hybridized carbons (Fsp3) is 0.207. The van der Waals surface area contributed by atoms with Crippen LogP contribution < -0.4 is 0 Å². The highest BCUT2D eigenvalue weighted by atomic mass is 19.1. The van der Waals surface area contributed by atoms with Crippen LogP contribution in [0, 0.1) is 11.7 Å². The molecule has 0 aromatic carbocycles. The van der Waals surface area contributed by atoms with Crippen LogP contribution in [0.1, 0.15) is 24.2 Å². The van der Waals surface area contributed by atoms with Crippen LogP contribution in [0.4, 0.5) is 4.39 Å². The monoisotopic (exact) mass is 510 g/mol. The number of aromatic amines is 1. The first kappa shape index (κ1) is 25.0. The molecule has 0 fully saturated rings. The van der Waals surface area contributed by atoms with Crippen LogP contribution in [-0.4, -0.2) is 42.1 Å². The third-order valence-corrected chi connectivity index (χ3v) is 6.51. The van der Waals surface area contributed by atoms with Crippen molar-refractivity contribution in [2.24, 2.45) is 5.92 Å². The van der Waals surface area contributed by atoms with E-state index in [1.807, 2.05) is 29.0 Å². The van der Waals surface area contributed by atoms with Crippen molar-refractivity contribution in [3.8, 4) is 11.4 Å². The van der Waals surface area contributed by atoms with Crippen molar-refractivity contribution < 1.29 is 13.9 Å². The van der Waals surface area contributed by atoms with E-state index in [-0.39, 0.29) is 6.61 Å². The van der Waals surface area contributed by atoms with Crippen LogP contribution >= 0.6 is 0 Å². The number of pyridine rings is 2. The highest BCUT2D eigenvalue weighted by Gasteiger charge is 2.28. The lowest BCUT2D eigenvalue weighted by Crippen LogP contribution is -2.25. The fourth-order valence-corrected chi connectivity index (χ4v) is 4.67. The number of nitrogens with one attached hydrogen (secondary N) is 1. The van der Waals surface area contributed by atoms with Crippen molar-refractivity contribution >= 4 is 28.0 Å². The minimum Gasteiger partial charge on any atom is -0.465 e. The van der Waals surface area contributed by atoms with E-state index < -0.39 is 23.7 Å². The largest absolute Gasteiger partial charge is 0.465 e. The molecule has 0 spiro atoms. The number of allylic oxidation sites excluding steroid dienone is 1. The molecule has 0 bridgehead atoms. The van der Waals surface area contributed by atoms with Gasteiger partial charge in [0.25, 0.3) is 0 Å². The number of carbonyl (C=O) groups is 1. The molecular weight excluding hydrogens is 483 g/mol. The number of esters is 1. The Kier molecular flexibility index (Phi) is 7.08. The number of nitrogens with zero attached hydrogens (tertiary/aromatic N) is 5. The summed E-state index contributed by atoms with van der Waals surface area (Å²) >= 11 is 0. The van der Waals surface area contributed by atoms with Crippen molar-refractivity contribution in [2.45, 2.75) is 25.8 Å². The highest BCUT2D eigenvalue weighted by Crippen LogP contribution is 2.32. The standard InChI is InChI=1S/C29H27FN6O2/c1-4-21(29(37)38-6-3)25(5-2)36-17-18(10-11-20-9-7-8-12-31-20)23-15-34-27(35-28(23)36)24-16-33-26-22(24)13-19(30)14-32-26/h4-5,7-9,12-17,21,25H,1-2,6,10-11H2,3H3,(H,32,33)/t21-,25-/m1/s1. The molecule has 5 heterocycles. The Balaban J connectivity index is 1.64. The van der Waals surface area contributed by atoms with Crippen LogP contribution in [0.25, 0.3) is 33.5 Å². The van der Waals surface area contributed by atoms with Gasteiger partial charge in [-0.3, -0.25) is 9.78 Å². The van der Waals surface area contributed by atoms with Gasteiger partial charge in [-0.2, -0.15) is 0 Å². The number of hydrogen-bond donors (Lipinski definition) is 1. The van der Waals surface area contributed by atoms with E-state index in [4.69, 9.17) is 9.72 Å². The molecule has 0 saturated carbocycles. The Hall–Kier alpha value is -4.66. The fourth-order valence-electron chi connectivity index (χ4n) is 4.67. The molecule has 0 radical (unpaired) electrons. The lowest BCUT2D eigenvalue weighted by Gasteiger charge is -2.22. The second-order valence-corrected chi connectivity index (χ2v) is 8.81. The molecule has 0 saturated heterocycles. The first-order valence-corrected chi connectivity index (χ1v) is 12.3. The van der Waals surface area contributed by atoms with Crippen LogP contribution in [0.15, 0.2) is 80.6 Å². The SMILES string of the molecule is C=C[C@H]([C@@H](C=C)C(=O)OCC)n1cc(CCc2ccccn2)c2cnc(-c3c[nH]c4ncc(F)cc34)nc21. The van der Waals surface area contributed by atoms with E-state index in [0.29, 0.717) is 34.5 Å². The zero-order valence-corrected chi connectivity index (χ0v) is 21.0. The zero-order chi connectivity index (χ0) is 26.6. The summed E-state index contributed by atoms with van der Waals surface area (Å²) in [5.74, 6) is -1.11. The molecule has 0 amide bonds. The van der Waals surface area contributed by atoms with Gasteiger partial charge in [-0.15, -0.1) is 13.2 Å². The number of halogens is 1. The van der Waals surface area contributed by atoms with Gasteiger partial charge in [0.05, 0.1) is 24.8 Å². The van der Waals surface area contributed by atoms with Crippen molar-refractivity contribution in [1.29, 1.82) is 0 Å². The summed E-state index contributed by atoms with van der Waals surface area (Å²) in [5.41, 5.74) is 3.75. The van der Waals surface area contributed by atoms with Crippen molar-refractivity contribution in [3.05, 3.63) is 97.6 Å². The number of rotatable bonds is 10. The minimum atomic E-state index is -0.670. The van der Waals surface area contributed by atoms with E-state index in [9.17, 15) is 9.18 Å². The summed E-state index contributed by atoms with van der Waals surface area (Å²) < 4.78 is 21.2. The maximum Gasteiger partial charge on any atom is 0.315 e. The molecule has 5 aromatic rings. The molecule has 5 rings (SSSR count). The highest BCUT2D eigenvalue weighted by molar-refractivity contribution is 5.93. The molecule has 0 aliphatic carbocycles. The molecule has 192 valence electrons. The molecule has 2 atom stereocenters. The Morgan fingerprint density at radius 2 is 2.03 bits per heavy atom. The predicted octanol–water partition coefficient (Wildman–Crippen LogP) is 5.39. The summed E-state index contributed by atoms with van der Waals surface area (Å²) in [5, 5.41) is 1.42. The number of ether oxygens (including phenoxy) is 1. The number of aromatic nitrogens is 6. The lowest BCUT2D eigenvalue weighted by atomic mass is 10.00. The molecular formula is C29H27FN6O2. The van der Waals surface area contributed by atoms with Gasteiger partial charge in [-0.1, -0.05) is 18.2 Å². The first-order valence-electron chi connectivity index (χ1n) is 12.3. The summed E-state index contributed by atoms with van der Waals surface area (Å²) in [6, 6.07) is 6.74. The van der Waals surface area contributed by atoms with Gasteiger partial charge in [0.15, 0.2) is 5.82 Å². The van der Waals surface area contributed by atoms with Gasteiger partial charge in [0.1, 0.15) is 17.1 Å². The van der Waals surface area contributed by atoms with Crippen molar-refractivity contribution in [1.82, 2.24) is 29.5 Å². The quantitative estimate of drug-likeness (QED) is 0.200. The van der Waals surface area contributed by atoms with Crippen LogP contribution in [0.3, 0.4) is 0 Å². The molecule has 38 heavy (non-hydrogen) atoms. The van der Waals surface area contributed by atoms with E-state index in [2.05, 4.69) is 33.1 Å². The van der Waals surface area contributed by atoms with E-state index >= 15 is 0 Å². The maximum absolute atomic E-state index is 14.0. The average molecular weight is 511 g/mol. The van der Waals surface area contributed by atoms with Crippen LogP contribution in [0.2, 0.25) is 0 Å².